The van der Waals surface area contributed by atoms with Crippen molar-refractivity contribution in [3.8, 4) is 0 Å². The van der Waals surface area contributed by atoms with Gasteiger partial charge < -0.3 is 10.4 Å². The minimum absolute atomic E-state index is 0.1000. The van der Waals surface area contributed by atoms with E-state index in [0.717, 1.165) is 18.5 Å². The number of carbonyl (C=O) groups is 1. The highest BCUT2D eigenvalue weighted by Gasteiger charge is 2.32. The summed E-state index contributed by atoms with van der Waals surface area (Å²) in [6.45, 7) is 0.739. The number of carboxylic acids is 1. The van der Waals surface area contributed by atoms with E-state index in [0.29, 0.717) is 6.42 Å². The molecule has 4 heteroatoms. The Kier molecular flexibility index (Phi) is 3.19. The van der Waals surface area contributed by atoms with Gasteiger partial charge in [-0.2, -0.15) is 0 Å². The first-order valence-corrected chi connectivity index (χ1v) is 5.37. The predicted octanol–water partition coefficient (Wildman–Crippen LogP) is 1.43. The molecule has 0 aromatic heterocycles. The van der Waals surface area contributed by atoms with E-state index in [1.165, 1.54) is 12.1 Å². The quantitative estimate of drug-likeness (QED) is 0.815. The van der Waals surface area contributed by atoms with Gasteiger partial charge in [0.1, 0.15) is 11.9 Å². The lowest BCUT2D eigenvalue weighted by atomic mass is 9.93. The van der Waals surface area contributed by atoms with Crippen LogP contribution in [0, 0.1) is 11.7 Å². The second-order valence-electron chi connectivity index (χ2n) is 4.15. The summed E-state index contributed by atoms with van der Waals surface area (Å²) in [5.74, 6) is -0.962. The van der Waals surface area contributed by atoms with Gasteiger partial charge in [0.2, 0.25) is 0 Å². The number of rotatable bonds is 3. The standard InChI is InChI=1S/C12H14FNO2/c13-10-3-1-8(2-4-10)7-9-5-6-14-11(9)12(15)16/h1-4,9,11,14H,5-7H2,(H,15,16)/t9?,11-/m0/s1. The summed E-state index contributed by atoms with van der Waals surface area (Å²) in [7, 11) is 0. The van der Waals surface area contributed by atoms with Crippen LogP contribution in [0.2, 0.25) is 0 Å². The second kappa shape index (κ2) is 4.61. The van der Waals surface area contributed by atoms with Gasteiger partial charge in [-0.05, 0) is 43.0 Å². The third-order valence-electron chi connectivity index (χ3n) is 3.03. The van der Waals surface area contributed by atoms with E-state index in [1.807, 2.05) is 0 Å². The van der Waals surface area contributed by atoms with Crippen LogP contribution in [0.25, 0.3) is 0 Å². The number of halogens is 1. The summed E-state index contributed by atoms with van der Waals surface area (Å²) in [5.41, 5.74) is 0.987. The van der Waals surface area contributed by atoms with Gasteiger partial charge in [0.15, 0.2) is 0 Å². The lowest BCUT2D eigenvalue weighted by molar-refractivity contribution is -0.140. The van der Waals surface area contributed by atoms with Gasteiger partial charge in [-0.1, -0.05) is 12.1 Å². The summed E-state index contributed by atoms with van der Waals surface area (Å²) < 4.78 is 12.7. The molecule has 2 rings (SSSR count). The van der Waals surface area contributed by atoms with Crippen LogP contribution in [-0.4, -0.2) is 23.7 Å². The lowest BCUT2D eigenvalue weighted by Crippen LogP contribution is -2.36. The molecule has 1 aromatic carbocycles. The summed E-state index contributed by atoms with van der Waals surface area (Å²) in [5, 5.41) is 11.9. The molecule has 1 saturated heterocycles. The second-order valence-corrected chi connectivity index (χ2v) is 4.15. The number of aliphatic carboxylic acids is 1. The third kappa shape index (κ3) is 2.39. The number of nitrogens with one attached hydrogen (secondary N) is 1. The van der Waals surface area contributed by atoms with Crippen molar-refractivity contribution in [3.63, 3.8) is 0 Å². The van der Waals surface area contributed by atoms with E-state index in [9.17, 15) is 9.18 Å². The maximum absolute atomic E-state index is 12.7. The number of benzene rings is 1. The molecule has 1 unspecified atom stereocenters. The van der Waals surface area contributed by atoms with Crippen LogP contribution in [0.4, 0.5) is 4.39 Å². The zero-order valence-corrected chi connectivity index (χ0v) is 8.82. The molecule has 0 radical (unpaired) electrons. The van der Waals surface area contributed by atoms with Gasteiger partial charge in [0, 0.05) is 0 Å². The topological polar surface area (TPSA) is 49.3 Å². The van der Waals surface area contributed by atoms with Crippen molar-refractivity contribution < 1.29 is 14.3 Å². The van der Waals surface area contributed by atoms with E-state index in [-0.39, 0.29) is 11.7 Å². The van der Waals surface area contributed by atoms with Crippen molar-refractivity contribution in [3.05, 3.63) is 35.6 Å². The zero-order chi connectivity index (χ0) is 11.5. The Morgan fingerprint density at radius 3 is 2.75 bits per heavy atom. The van der Waals surface area contributed by atoms with Crippen molar-refractivity contribution in [1.82, 2.24) is 5.32 Å². The first-order valence-electron chi connectivity index (χ1n) is 5.37. The van der Waals surface area contributed by atoms with Gasteiger partial charge in [-0.3, -0.25) is 4.79 Å². The Labute approximate surface area is 93.3 Å². The van der Waals surface area contributed by atoms with Crippen LogP contribution < -0.4 is 5.32 Å². The molecule has 1 aliphatic heterocycles. The smallest absolute Gasteiger partial charge is 0.320 e. The molecule has 0 spiro atoms. The van der Waals surface area contributed by atoms with Crippen LogP contribution in [0.15, 0.2) is 24.3 Å². The molecule has 1 fully saturated rings. The number of carboxylic acid groups (broad SMARTS) is 1. The average molecular weight is 223 g/mol. The molecule has 1 heterocycles. The molecule has 0 amide bonds. The van der Waals surface area contributed by atoms with Crippen LogP contribution in [-0.2, 0) is 11.2 Å². The van der Waals surface area contributed by atoms with Gasteiger partial charge in [0.05, 0.1) is 0 Å². The van der Waals surface area contributed by atoms with Crippen LogP contribution in [0.3, 0.4) is 0 Å². The first kappa shape index (κ1) is 11.1. The van der Waals surface area contributed by atoms with Gasteiger partial charge in [-0.15, -0.1) is 0 Å². The molecule has 16 heavy (non-hydrogen) atoms. The molecule has 0 aliphatic carbocycles. The Balaban J connectivity index is 2.03. The highest BCUT2D eigenvalue weighted by atomic mass is 19.1. The molecule has 1 aliphatic rings. The fraction of sp³-hybridized carbons (Fsp3) is 0.417. The summed E-state index contributed by atoms with van der Waals surface area (Å²) in [4.78, 5) is 10.9. The monoisotopic (exact) mass is 223 g/mol. The Morgan fingerprint density at radius 2 is 2.12 bits per heavy atom. The largest absolute Gasteiger partial charge is 0.480 e. The lowest BCUT2D eigenvalue weighted by Gasteiger charge is -2.15. The molecular formula is C12H14FNO2. The van der Waals surface area contributed by atoms with Crippen LogP contribution in [0.1, 0.15) is 12.0 Å². The van der Waals surface area contributed by atoms with Crippen LogP contribution >= 0.6 is 0 Å². The third-order valence-corrected chi connectivity index (χ3v) is 3.03. The molecule has 0 saturated carbocycles. The number of hydrogen-bond acceptors (Lipinski definition) is 2. The maximum atomic E-state index is 12.7. The van der Waals surface area contributed by atoms with Gasteiger partial charge in [-0.25, -0.2) is 4.39 Å². The van der Waals surface area contributed by atoms with Gasteiger partial charge in [0.25, 0.3) is 0 Å². The summed E-state index contributed by atoms with van der Waals surface area (Å²) in [6, 6.07) is 5.78. The Bertz CT molecular complexity index is 377. The fourth-order valence-corrected chi connectivity index (χ4v) is 2.19. The molecule has 0 bridgehead atoms. The van der Waals surface area contributed by atoms with Gasteiger partial charge >= 0.3 is 5.97 Å². The van der Waals surface area contributed by atoms with E-state index < -0.39 is 12.0 Å². The molecule has 3 nitrogen and oxygen atoms in total. The maximum Gasteiger partial charge on any atom is 0.320 e. The first-order chi connectivity index (χ1) is 7.66. The highest BCUT2D eigenvalue weighted by Crippen LogP contribution is 2.21. The fourth-order valence-electron chi connectivity index (χ4n) is 2.19. The van der Waals surface area contributed by atoms with E-state index in [1.54, 1.807) is 12.1 Å². The highest BCUT2D eigenvalue weighted by molar-refractivity contribution is 5.74. The minimum Gasteiger partial charge on any atom is -0.480 e. The molecule has 2 atom stereocenters. The predicted molar refractivity (Wildman–Crippen MR) is 57.6 cm³/mol. The zero-order valence-electron chi connectivity index (χ0n) is 8.82. The molecule has 1 aromatic rings. The Hall–Kier alpha value is -1.42. The normalized spacial score (nSPS) is 24.6. The van der Waals surface area contributed by atoms with E-state index in [2.05, 4.69) is 5.32 Å². The SMILES string of the molecule is O=C(O)[C@H]1NCCC1Cc1ccc(F)cc1. The molecule has 86 valence electrons. The molecular weight excluding hydrogens is 209 g/mol. The van der Waals surface area contributed by atoms with Crippen molar-refractivity contribution in [2.45, 2.75) is 18.9 Å². The van der Waals surface area contributed by atoms with Crippen molar-refractivity contribution in [1.29, 1.82) is 0 Å². The summed E-state index contributed by atoms with van der Waals surface area (Å²) >= 11 is 0. The number of hydrogen-bond donors (Lipinski definition) is 2. The van der Waals surface area contributed by atoms with Crippen molar-refractivity contribution in [2.24, 2.45) is 5.92 Å². The Morgan fingerprint density at radius 1 is 1.44 bits per heavy atom. The van der Waals surface area contributed by atoms with E-state index in [4.69, 9.17) is 5.11 Å². The van der Waals surface area contributed by atoms with E-state index >= 15 is 0 Å². The van der Waals surface area contributed by atoms with Crippen LogP contribution in [0.5, 0.6) is 0 Å². The average Bonchev–Trinajstić information content (AvgIpc) is 2.69. The summed E-state index contributed by atoms with van der Waals surface area (Å²) in [6.07, 6.45) is 1.54. The molecule has 2 N–H and O–H groups in total. The van der Waals surface area contributed by atoms with Crippen molar-refractivity contribution in [2.75, 3.05) is 6.54 Å². The van der Waals surface area contributed by atoms with Crippen molar-refractivity contribution >= 4 is 5.97 Å². The minimum atomic E-state index is -0.801.